The molecular weight excluding hydrogens is 344 g/mol. The molecule has 90 valence electrons. The van der Waals surface area contributed by atoms with E-state index >= 15 is 0 Å². The van der Waals surface area contributed by atoms with Crippen LogP contribution in [0.4, 0.5) is 22.0 Å². The van der Waals surface area contributed by atoms with E-state index in [2.05, 4.69) is 0 Å². The standard InChI is InChI=1S/C9H7F5IN/c10-8(11,9(12,13)14)7(16)5-2-1-3-6(15)4-5/h1-4,7H,16H2/t7-/m1/s1. The highest BCUT2D eigenvalue weighted by Crippen LogP contribution is 2.43. The molecule has 1 atom stereocenters. The molecule has 0 saturated heterocycles. The molecule has 0 aliphatic rings. The minimum absolute atomic E-state index is 0.241. The third-order valence-electron chi connectivity index (χ3n) is 1.98. The van der Waals surface area contributed by atoms with Gasteiger partial charge in [-0.05, 0) is 40.3 Å². The summed E-state index contributed by atoms with van der Waals surface area (Å²) >= 11 is 1.81. The fraction of sp³-hybridized carbons (Fsp3) is 0.333. The number of hydrogen-bond acceptors (Lipinski definition) is 1. The highest BCUT2D eigenvalue weighted by molar-refractivity contribution is 14.1. The Kier molecular flexibility index (Phi) is 3.78. The smallest absolute Gasteiger partial charge is 0.319 e. The number of halogens is 6. The third-order valence-corrected chi connectivity index (χ3v) is 2.65. The highest BCUT2D eigenvalue weighted by Gasteiger charge is 2.61. The summed E-state index contributed by atoms with van der Waals surface area (Å²) < 4.78 is 62.4. The Morgan fingerprint density at radius 3 is 2.12 bits per heavy atom. The first-order valence-corrected chi connectivity index (χ1v) is 5.19. The van der Waals surface area contributed by atoms with Crippen molar-refractivity contribution in [1.82, 2.24) is 0 Å². The van der Waals surface area contributed by atoms with Crippen LogP contribution in [0.15, 0.2) is 24.3 Å². The van der Waals surface area contributed by atoms with Crippen molar-refractivity contribution in [3.63, 3.8) is 0 Å². The molecule has 0 aliphatic heterocycles. The normalized spacial score (nSPS) is 14.9. The van der Waals surface area contributed by atoms with Crippen LogP contribution >= 0.6 is 22.6 Å². The van der Waals surface area contributed by atoms with Gasteiger partial charge >= 0.3 is 12.1 Å². The van der Waals surface area contributed by atoms with Crippen LogP contribution in [0.25, 0.3) is 0 Å². The van der Waals surface area contributed by atoms with Crippen molar-refractivity contribution in [2.24, 2.45) is 5.73 Å². The summed E-state index contributed by atoms with van der Waals surface area (Å²) in [6, 6.07) is 2.91. The molecule has 0 bridgehead atoms. The van der Waals surface area contributed by atoms with Crippen LogP contribution in [-0.4, -0.2) is 12.1 Å². The predicted molar refractivity (Wildman–Crippen MR) is 57.1 cm³/mol. The topological polar surface area (TPSA) is 26.0 Å². The molecule has 1 aromatic carbocycles. The average Bonchev–Trinajstić information content (AvgIpc) is 2.14. The van der Waals surface area contributed by atoms with Crippen LogP contribution in [0.1, 0.15) is 11.6 Å². The van der Waals surface area contributed by atoms with E-state index in [0.29, 0.717) is 3.57 Å². The zero-order valence-corrected chi connectivity index (χ0v) is 9.89. The number of rotatable bonds is 2. The maximum absolute atomic E-state index is 12.9. The van der Waals surface area contributed by atoms with Crippen LogP contribution < -0.4 is 5.73 Å². The second-order valence-electron chi connectivity index (χ2n) is 3.15. The number of benzene rings is 1. The minimum Gasteiger partial charge on any atom is -0.319 e. The van der Waals surface area contributed by atoms with E-state index in [1.54, 1.807) is 28.7 Å². The molecule has 0 aromatic heterocycles. The van der Waals surface area contributed by atoms with Gasteiger partial charge in [-0.1, -0.05) is 12.1 Å². The van der Waals surface area contributed by atoms with Gasteiger partial charge in [0, 0.05) is 3.57 Å². The van der Waals surface area contributed by atoms with Crippen molar-refractivity contribution in [2.45, 2.75) is 18.1 Å². The maximum Gasteiger partial charge on any atom is 0.455 e. The molecule has 0 heterocycles. The molecule has 0 radical (unpaired) electrons. The van der Waals surface area contributed by atoms with Gasteiger partial charge in [0.1, 0.15) is 6.04 Å². The Hall–Kier alpha value is -0.440. The quantitative estimate of drug-likeness (QED) is 0.641. The first kappa shape index (κ1) is 13.6. The lowest BCUT2D eigenvalue weighted by molar-refractivity contribution is -0.291. The Balaban J connectivity index is 3.07. The lowest BCUT2D eigenvalue weighted by Crippen LogP contribution is -2.45. The van der Waals surface area contributed by atoms with E-state index in [-0.39, 0.29) is 5.56 Å². The van der Waals surface area contributed by atoms with Gasteiger partial charge in [0.15, 0.2) is 0 Å². The molecule has 0 spiro atoms. The van der Waals surface area contributed by atoms with Gasteiger partial charge in [-0.15, -0.1) is 0 Å². The number of alkyl halides is 5. The third kappa shape index (κ3) is 2.62. The molecule has 0 amide bonds. The van der Waals surface area contributed by atoms with Gasteiger partial charge in [-0.25, -0.2) is 0 Å². The molecule has 1 rings (SSSR count). The summed E-state index contributed by atoms with van der Waals surface area (Å²) in [7, 11) is 0. The molecule has 16 heavy (non-hydrogen) atoms. The fourth-order valence-corrected chi connectivity index (χ4v) is 1.65. The summed E-state index contributed by atoms with van der Waals surface area (Å²) in [5.74, 6) is -4.93. The molecular formula is C9H7F5IN. The zero-order valence-electron chi connectivity index (χ0n) is 7.73. The molecule has 0 unspecified atom stereocenters. The van der Waals surface area contributed by atoms with E-state index in [9.17, 15) is 22.0 Å². The molecule has 1 nitrogen and oxygen atoms in total. The minimum atomic E-state index is -5.65. The molecule has 0 fully saturated rings. The average molecular weight is 351 g/mol. The second-order valence-corrected chi connectivity index (χ2v) is 4.40. The fourth-order valence-electron chi connectivity index (χ4n) is 1.09. The van der Waals surface area contributed by atoms with Crippen LogP contribution in [0.3, 0.4) is 0 Å². The SMILES string of the molecule is N[C@H](c1cccc(I)c1)C(F)(F)C(F)(F)F. The number of nitrogens with two attached hydrogens (primary N) is 1. The van der Waals surface area contributed by atoms with Gasteiger partial charge in [0.25, 0.3) is 0 Å². The Labute approximate surface area is 102 Å². The summed E-state index contributed by atoms with van der Waals surface area (Å²) in [6.07, 6.45) is -5.65. The van der Waals surface area contributed by atoms with Crippen molar-refractivity contribution in [3.8, 4) is 0 Å². The molecule has 0 saturated carbocycles. The zero-order chi connectivity index (χ0) is 12.6. The predicted octanol–water partition coefficient (Wildman–Crippen LogP) is 3.49. The van der Waals surface area contributed by atoms with Crippen molar-refractivity contribution in [1.29, 1.82) is 0 Å². The monoisotopic (exact) mass is 351 g/mol. The van der Waals surface area contributed by atoms with Crippen molar-refractivity contribution in [3.05, 3.63) is 33.4 Å². The van der Waals surface area contributed by atoms with Gasteiger partial charge in [-0.2, -0.15) is 22.0 Å². The van der Waals surface area contributed by atoms with Gasteiger partial charge < -0.3 is 5.73 Å². The van der Waals surface area contributed by atoms with E-state index in [1.165, 1.54) is 12.1 Å². The largest absolute Gasteiger partial charge is 0.455 e. The highest BCUT2D eigenvalue weighted by atomic mass is 127. The van der Waals surface area contributed by atoms with Gasteiger partial charge in [0.2, 0.25) is 0 Å². The van der Waals surface area contributed by atoms with E-state index in [4.69, 9.17) is 5.73 Å². The van der Waals surface area contributed by atoms with E-state index < -0.39 is 18.1 Å². The number of hydrogen-bond donors (Lipinski definition) is 1. The Morgan fingerprint density at radius 1 is 1.12 bits per heavy atom. The molecule has 0 aliphatic carbocycles. The summed E-state index contributed by atoms with van der Waals surface area (Å²) in [6.45, 7) is 0. The maximum atomic E-state index is 12.9. The molecule has 2 N–H and O–H groups in total. The first-order valence-electron chi connectivity index (χ1n) is 4.12. The lowest BCUT2D eigenvalue weighted by Gasteiger charge is -2.25. The summed E-state index contributed by atoms with van der Waals surface area (Å²) in [4.78, 5) is 0. The van der Waals surface area contributed by atoms with Crippen molar-refractivity contribution < 1.29 is 22.0 Å². The first-order chi connectivity index (χ1) is 7.16. The molecule has 1 aromatic rings. The summed E-state index contributed by atoms with van der Waals surface area (Å²) in [5.41, 5.74) is 4.71. The Bertz CT molecular complexity index is 376. The summed E-state index contributed by atoms with van der Waals surface area (Å²) in [5, 5.41) is 0. The van der Waals surface area contributed by atoms with Crippen LogP contribution in [0.5, 0.6) is 0 Å². The second kappa shape index (κ2) is 4.44. The van der Waals surface area contributed by atoms with Crippen LogP contribution in [0, 0.1) is 3.57 Å². The van der Waals surface area contributed by atoms with Gasteiger partial charge in [0.05, 0.1) is 0 Å². The van der Waals surface area contributed by atoms with Crippen LogP contribution in [0.2, 0.25) is 0 Å². The van der Waals surface area contributed by atoms with Gasteiger partial charge in [-0.3, -0.25) is 0 Å². The van der Waals surface area contributed by atoms with Crippen molar-refractivity contribution in [2.75, 3.05) is 0 Å². The molecule has 7 heteroatoms. The Morgan fingerprint density at radius 2 is 1.69 bits per heavy atom. The van der Waals surface area contributed by atoms with Crippen LogP contribution in [-0.2, 0) is 0 Å². The van der Waals surface area contributed by atoms with E-state index in [0.717, 1.165) is 6.07 Å². The lowest BCUT2D eigenvalue weighted by atomic mass is 10.0. The van der Waals surface area contributed by atoms with E-state index in [1.807, 2.05) is 0 Å². The van der Waals surface area contributed by atoms with Crippen molar-refractivity contribution >= 4 is 22.6 Å².